The maximum absolute atomic E-state index is 4.25. The van der Waals surface area contributed by atoms with Gasteiger partial charge in [-0.05, 0) is 26.3 Å². The van der Waals surface area contributed by atoms with Gasteiger partial charge < -0.3 is 10.2 Å². The average Bonchev–Trinajstić information content (AvgIpc) is 2.27. The molecule has 0 atom stereocenters. The molecule has 15 heavy (non-hydrogen) atoms. The molecule has 0 aliphatic rings. The predicted octanol–water partition coefficient (Wildman–Crippen LogP) is 2.75. The number of hydrogen-bond donors (Lipinski definition) is 1. The molecule has 0 aliphatic carbocycles. The Morgan fingerprint density at radius 1 is 1.27 bits per heavy atom. The van der Waals surface area contributed by atoms with E-state index in [1.54, 1.807) is 0 Å². The molecule has 0 aromatic carbocycles. The van der Waals surface area contributed by atoms with Crippen molar-refractivity contribution in [3.05, 3.63) is 18.5 Å². The van der Waals surface area contributed by atoms with Crippen molar-refractivity contribution in [2.75, 3.05) is 29.9 Å². The topological polar surface area (TPSA) is 28.2 Å². The van der Waals surface area contributed by atoms with Crippen LogP contribution in [0.1, 0.15) is 27.2 Å². The predicted molar refractivity (Wildman–Crippen MR) is 66.6 cm³/mol. The van der Waals surface area contributed by atoms with Crippen molar-refractivity contribution in [3.8, 4) is 0 Å². The summed E-state index contributed by atoms with van der Waals surface area (Å²) in [5.41, 5.74) is 2.31. The third-order valence-corrected chi connectivity index (χ3v) is 2.35. The molecular formula is C12H21N3. The summed E-state index contributed by atoms with van der Waals surface area (Å²) in [5, 5.41) is 3.28. The van der Waals surface area contributed by atoms with Crippen molar-refractivity contribution in [3.63, 3.8) is 0 Å². The van der Waals surface area contributed by atoms with Gasteiger partial charge in [-0.3, -0.25) is 4.98 Å². The zero-order valence-corrected chi connectivity index (χ0v) is 9.95. The fourth-order valence-electron chi connectivity index (χ4n) is 1.64. The summed E-state index contributed by atoms with van der Waals surface area (Å²) in [6, 6.07) is 2.16. The minimum absolute atomic E-state index is 0.936. The maximum atomic E-state index is 4.25. The largest absolute Gasteiger partial charge is 0.384 e. The minimum Gasteiger partial charge on any atom is -0.384 e. The van der Waals surface area contributed by atoms with Gasteiger partial charge in [0.15, 0.2) is 0 Å². The van der Waals surface area contributed by atoms with Crippen molar-refractivity contribution in [2.45, 2.75) is 27.2 Å². The van der Waals surface area contributed by atoms with Crippen LogP contribution in [0.5, 0.6) is 0 Å². The highest BCUT2D eigenvalue weighted by Crippen LogP contribution is 2.17. The van der Waals surface area contributed by atoms with E-state index in [2.05, 4.69) is 42.0 Å². The van der Waals surface area contributed by atoms with E-state index in [-0.39, 0.29) is 0 Å². The molecule has 1 aromatic rings. The number of pyridine rings is 1. The van der Waals surface area contributed by atoms with E-state index < -0.39 is 0 Å². The first-order chi connectivity index (χ1) is 7.31. The quantitative estimate of drug-likeness (QED) is 0.777. The lowest BCUT2D eigenvalue weighted by molar-refractivity contribution is 0.790. The van der Waals surface area contributed by atoms with Crippen LogP contribution in [-0.4, -0.2) is 24.6 Å². The molecule has 0 unspecified atom stereocenters. The van der Waals surface area contributed by atoms with E-state index in [0.29, 0.717) is 0 Å². The fourth-order valence-corrected chi connectivity index (χ4v) is 1.64. The summed E-state index contributed by atoms with van der Waals surface area (Å²) < 4.78 is 0. The maximum Gasteiger partial charge on any atom is 0.0573 e. The Bertz CT molecular complexity index is 286. The molecular weight excluding hydrogens is 186 g/mol. The second-order valence-electron chi connectivity index (χ2n) is 3.54. The van der Waals surface area contributed by atoms with Crippen LogP contribution in [0.2, 0.25) is 0 Å². The van der Waals surface area contributed by atoms with E-state index in [4.69, 9.17) is 0 Å². The van der Waals surface area contributed by atoms with Gasteiger partial charge in [-0.2, -0.15) is 0 Å². The second-order valence-corrected chi connectivity index (χ2v) is 3.54. The smallest absolute Gasteiger partial charge is 0.0573 e. The normalized spacial score (nSPS) is 10.1. The highest BCUT2D eigenvalue weighted by molar-refractivity contribution is 5.55. The number of rotatable bonds is 6. The van der Waals surface area contributed by atoms with E-state index >= 15 is 0 Å². The molecule has 1 rings (SSSR count). The summed E-state index contributed by atoms with van der Waals surface area (Å²) in [4.78, 5) is 6.59. The molecule has 3 nitrogen and oxygen atoms in total. The molecule has 0 bridgehead atoms. The monoisotopic (exact) mass is 207 g/mol. The Morgan fingerprint density at radius 2 is 2.07 bits per heavy atom. The molecule has 0 spiro atoms. The van der Waals surface area contributed by atoms with Crippen LogP contribution in [-0.2, 0) is 0 Å². The van der Waals surface area contributed by atoms with Crippen LogP contribution in [0, 0.1) is 0 Å². The first-order valence-corrected chi connectivity index (χ1v) is 5.75. The highest BCUT2D eigenvalue weighted by Gasteiger charge is 2.03. The van der Waals surface area contributed by atoms with E-state index in [0.717, 1.165) is 25.3 Å². The fraction of sp³-hybridized carbons (Fsp3) is 0.583. The SMILES string of the molecule is CCCN(CC)c1cncc(NCC)c1. The molecule has 1 aromatic heterocycles. The van der Waals surface area contributed by atoms with Gasteiger partial charge in [0.05, 0.1) is 23.8 Å². The molecule has 1 N–H and O–H groups in total. The number of nitrogens with zero attached hydrogens (tertiary/aromatic N) is 2. The van der Waals surface area contributed by atoms with Crippen molar-refractivity contribution in [1.82, 2.24) is 4.98 Å². The standard InChI is InChI=1S/C12H21N3/c1-4-7-15(6-3)12-8-11(14-5-2)9-13-10-12/h8-10,14H,4-7H2,1-3H3. The van der Waals surface area contributed by atoms with Crippen LogP contribution >= 0.6 is 0 Å². The molecule has 0 saturated carbocycles. The van der Waals surface area contributed by atoms with Gasteiger partial charge in [-0.25, -0.2) is 0 Å². The molecule has 0 aliphatic heterocycles. The Kier molecular flexibility index (Phi) is 4.95. The zero-order valence-electron chi connectivity index (χ0n) is 9.95. The van der Waals surface area contributed by atoms with Gasteiger partial charge in [0.2, 0.25) is 0 Å². The summed E-state index contributed by atoms with van der Waals surface area (Å²) in [7, 11) is 0. The molecule has 0 amide bonds. The lowest BCUT2D eigenvalue weighted by atomic mass is 10.3. The summed E-state index contributed by atoms with van der Waals surface area (Å²) >= 11 is 0. The third kappa shape index (κ3) is 3.42. The van der Waals surface area contributed by atoms with Crippen molar-refractivity contribution in [1.29, 1.82) is 0 Å². The first-order valence-electron chi connectivity index (χ1n) is 5.75. The third-order valence-electron chi connectivity index (χ3n) is 2.35. The lowest BCUT2D eigenvalue weighted by Gasteiger charge is -2.22. The second kappa shape index (κ2) is 6.27. The number of aromatic nitrogens is 1. The van der Waals surface area contributed by atoms with Gasteiger partial charge >= 0.3 is 0 Å². The van der Waals surface area contributed by atoms with E-state index in [9.17, 15) is 0 Å². The Balaban J connectivity index is 2.77. The van der Waals surface area contributed by atoms with E-state index in [1.165, 1.54) is 12.1 Å². The molecule has 1 heterocycles. The lowest BCUT2D eigenvalue weighted by Crippen LogP contribution is -2.23. The Labute approximate surface area is 92.5 Å². The Morgan fingerprint density at radius 3 is 2.67 bits per heavy atom. The molecule has 0 saturated heterocycles. The minimum atomic E-state index is 0.936. The van der Waals surface area contributed by atoms with Crippen LogP contribution in [0.15, 0.2) is 18.5 Å². The summed E-state index contributed by atoms with van der Waals surface area (Å²) in [6.07, 6.45) is 4.96. The van der Waals surface area contributed by atoms with Crippen molar-refractivity contribution >= 4 is 11.4 Å². The summed E-state index contributed by atoms with van der Waals surface area (Å²) in [5.74, 6) is 0. The first kappa shape index (κ1) is 11.8. The molecule has 0 fully saturated rings. The zero-order chi connectivity index (χ0) is 11.1. The van der Waals surface area contributed by atoms with Gasteiger partial charge in [-0.1, -0.05) is 6.92 Å². The number of anilines is 2. The molecule has 84 valence electrons. The van der Waals surface area contributed by atoms with Crippen LogP contribution < -0.4 is 10.2 Å². The van der Waals surface area contributed by atoms with Gasteiger partial charge in [0.25, 0.3) is 0 Å². The van der Waals surface area contributed by atoms with Gasteiger partial charge in [0.1, 0.15) is 0 Å². The summed E-state index contributed by atoms with van der Waals surface area (Å²) in [6.45, 7) is 9.53. The molecule has 3 heteroatoms. The van der Waals surface area contributed by atoms with E-state index in [1.807, 2.05) is 12.4 Å². The number of hydrogen-bond acceptors (Lipinski definition) is 3. The Hall–Kier alpha value is -1.25. The van der Waals surface area contributed by atoms with Crippen LogP contribution in [0.4, 0.5) is 11.4 Å². The van der Waals surface area contributed by atoms with Gasteiger partial charge in [-0.15, -0.1) is 0 Å². The highest BCUT2D eigenvalue weighted by atomic mass is 15.1. The van der Waals surface area contributed by atoms with Crippen molar-refractivity contribution < 1.29 is 0 Å². The average molecular weight is 207 g/mol. The number of nitrogens with one attached hydrogen (secondary N) is 1. The molecule has 0 radical (unpaired) electrons. The van der Waals surface area contributed by atoms with Crippen LogP contribution in [0.3, 0.4) is 0 Å². The van der Waals surface area contributed by atoms with Crippen LogP contribution in [0.25, 0.3) is 0 Å². The van der Waals surface area contributed by atoms with Crippen molar-refractivity contribution in [2.24, 2.45) is 0 Å². The van der Waals surface area contributed by atoms with Gasteiger partial charge in [0, 0.05) is 19.6 Å².